The maximum absolute atomic E-state index is 8.70. The zero-order valence-electron chi connectivity index (χ0n) is 11.8. The zero-order valence-corrected chi connectivity index (χ0v) is 11.8. The van der Waals surface area contributed by atoms with E-state index in [0.29, 0.717) is 12.6 Å². The van der Waals surface area contributed by atoms with Crippen LogP contribution in [0.4, 0.5) is 0 Å². The lowest BCUT2D eigenvalue weighted by atomic mass is 9.88. The summed E-state index contributed by atoms with van der Waals surface area (Å²) in [4.78, 5) is 2.30. The van der Waals surface area contributed by atoms with Crippen LogP contribution in [0.1, 0.15) is 26.2 Å². The molecule has 0 aromatic rings. The van der Waals surface area contributed by atoms with E-state index in [0.717, 1.165) is 39.0 Å². The van der Waals surface area contributed by atoms with Crippen molar-refractivity contribution in [2.45, 2.75) is 37.8 Å². The molecule has 2 fully saturated rings. The highest BCUT2D eigenvalue weighted by Gasteiger charge is 2.42. The molecule has 0 radical (unpaired) electrons. The molecule has 0 aromatic heterocycles. The minimum atomic E-state index is -0.0724. The summed E-state index contributed by atoms with van der Waals surface area (Å²) < 4.78 is 11.4. The predicted octanol–water partition coefficient (Wildman–Crippen LogP) is 0.639. The summed E-state index contributed by atoms with van der Waals surface area (Å²) in [5.41, 5.74) is 5.57. The van der Waals surface area contributed by atoms with Crippen molar-refractivity contribution in [3.63, 3.8) is 0 Å². The van der Waals surface area contributed by atoms with Gasteiger partial charge in [0, 0.05) is 38.1 Å². The maximum atomic E-state index is 8.70. The molecule has 2 heterocycles. The van der Waals surface area contributed by atoms with E-state index in [4.69, 9.17) is 20.4 Å². The van der Waals surface area contributed by atoms with Crippen LogP contribution in [0.3, 0.4) is 0 Å². The molecule has 19 heavy (non-hydrogen) atoms. The van der Waals surface area contributed by atoms with Crippen molar-refractivity contribution in [3.05, 3.63) is 0 Å². The standard InChI is InChI=1S/C13H25N3O3/c1-10(12(14)15-17)8-16(2)11-3-5-19-13(7-11)4-6-18-9-13/h10-11,17H,3-9H2,1-2H3,(H2,14,15). The van der Waals surface area contributed by atoms with Crippen LogP contribution >= 0.6 is 0 Å². The van der Waals surface area contributed by atoms with Gasteiger partial charge in [-0.25, -0.2) is 0 Å². The molecule has 0 aromatic carbocycles. The molecular formula is C13H25N3O3. The van der Waals surface area contributed by atoms with Crippen LogP contribution in [0.25, 0.3) is 0 Å². The molecule has 6 nitrogen and oxygen atoms in total. The fraction of sp³-hybridized carbons (Fsp3) is 0.923. The lowest BCUT2D eigenvalue weighted by molar-refractivity contribution is -0.104. The summed E-state index contributed by atoms with van der Waals surface area (Å²) in [6, 6.07) is 0.476. The van der Waals surface area contributed by atoms with Gasteiger partial charge in [0.25, 0.3) is 0 Å². The topological polar surface area (TPSA) is 80.3 Å². The summed E-state index contributed by atoms with van der Waals surface area (Å²) in [6.07, 6.45) is 3.03. The molecule has 6 heteroatoms. The molecule has 3 N–H and O–H groups in total. The molecule has 1 spiro atoms. The Hall–Kier alpha value is -0.850. The van der Waals surface area contributed by atoms with Gasteiger partial charge in [-0.15, -0.1) is 0 Å². The van der Waals surface area contributed by atoms with E-state index in [9.17, 15) is 0 Å². The quantitative estimate of drug-likeness (QED) is 0.339. The molecule has 0 bridgehead atoms. The molecule has 0 aliphatic carbocycles. The number of oxime groups is 1. The fourth-order valence-electron chi connectivity index (χ4n) is 3.01. The minimum absolute atomic E-state index is 0.0497. The average molecular weight is 271 g/mol. The highest BCUT2D eigenvalue weighted by atomic mass is 16.6. The third-order valence-electron chi connectivity index (χ3n) is 4.34. The van der Waals surface area contributed by atoms with Crippen molar-refractivity contribution in [2.24, 2.45) is 16.8 Å². The monoisotopic (exact) mass is 271 g/mol. The van der Waals surface area contributed by atoms with Crippen molar-refractivity contribution in [3.8, 4) is 0 Å². The van der Waals surface area contributed by atoms with Crippen LogP contribution in [0.15, 0.2) is 5.16 Å². The van der Waals surface area contributed by atoms with Crippen LogP contribution in [0, 0.1) is 5.92 Å². The van der Waals surface area contributed by atoms with Crippen LogP contribution in [0.5, 0.6) is 0 Å². The summed E-state index contributed by atoms with van der Waals surface area (Å²) in [5, 5.41) is 11.8. The first-order valence-electron chi connectivity index (χ1n) is 6.96. The summed E-state index contributed by atoms with van der Waals surface area (Å²) in [7, 11) is 2.10. The van der Waals surface area contributed by atoms with Crippen molar-refractivity contribution >= 4 is 5.84 Å². The number of ether oxygens (including phenoxy) is 2. The second kappa shape index (κ2) is 6.07. The number of nitrogens with two attached hydrogens (primary N) is 1. The number of hydrogen-bond donors (Lipinski definition) is 2. The minimum Gasteiger partial charge on any atom is -0.409 e. The summed E-state index contributed by atoms with van der Waals surface area (Å²) >= 11 is 0. The molecule has 2 aliphatic heterocycles. The second-order valence-electron chi connectivity index (χ2n) is 5.85. The average Bonchev–Trinajstić information content (AvgIpc) is 2.85. The predicted molar refractivity (Wildman–Crippen MR) is 72.3 cm³/mol. The van der Waals surface area contributed by atoms with Gasteiger partial charge < -0.3 is 25.3 Å². The maximum Gasteiger partial charge on any atom is 0.143 e. The Morgan fingerprint density at radius 1 is 1.58 bits per heavy atom. The number of hydrogen-bond acceptors (Lipinski definition) is 5. The fourth-order valence-corrected chi connectivity index (χ4v) is 3.01. The summed E-state index contributed by atoms with van der Waals surface area (Å²) in [5.74, 6) is 0.339. The molecule has 2 aliphatic rings. The van der Waals surface area contributed by atoms with Gasteiger partial charge in [-0.2, -0.15) is 0 Å². The Kier molecular flexibility index (Phi) is 4.65. The van der Waals surface area contributed by atoms with Crippen molar-refractivity contribution in [2.75, 3.05) is 33.4 Å². The summed E-state index contributed by atoms with van der Waals surface area (Å²) in [6.45, 7) is 5.07. The highest BCUT2D eigenvalue weighted by Crippen LogP contribution is 2.34. The van der Waals surface area contributed by atoms with Crippen LogP contribution in [-0.4, -0.2) is 61.0 Å². The Bertz CT molecular complexity index is 329. The molecule has 2 saturated heterocycles. The molecule has 0 amide bonds. The van der Waals surface area contributed by atoms with Crippen LogP contribution in [-0.2, 0) is 9.47 Å². The van der Waals surface area contributed by atoms with Crippen molar-refractivity contribution in [1.29, 1.82) is 0 Å². The Morgan fingerprint density at radius 3 is 3.00 bits per heavy atom. The first-order chi connectivity index (χ1) is 9.06. The number of amidine groups is 1. The molecule has 3 atom stereocenters. The Balaban J connectivity index is 1.90. The Labute approximate surface area is 114 Å². The van der Waals surface area contributed by atoms with Gasteiger partial charge in [-0.1, -0.05) is 12.1 Å². The van der Waals surface area contributed by atoms with Crippen LogP contribution < -0.4 is 5.73 Å². The van der Waals surface area contributed by atoms with Gasteiger partial charge in [0.2, 0.25) is 0 Å². The molecular weight excluding hydrogens is 246 g/mol. The van der Waals surface area contributed by atoms with E-state index >= 15 is 0 Å². The van der Waals surface area contributed by atoms with E-state index < -0.39 is 0 Å². The number of nitrogens with zero attached hydrogens (tertiary/aromatic N) is 2. The normalized spacial score (nSPS) is 34.1. The SMILES string of the molecule is CC(CN(C)C1CCOC2(CCOC2)C1)C(N)=NO. The van der Waals surface area contributed by atoms with Gasteiger partial charge in [0.05, 0.1) is 12.2 Å². The largest absolute Gasteiger partial charge is 0.409 e. The molecule has 0 saturated carbocycles. The van der Waals surface area contributed by atoms with E-state index in [-0.39, 0.29) is 17.4 Å². The van der Waals surface area contributed by atoms with Gasteiger partial charge in [0.1, 0.15) is 5.84 Å². The van der Waals surface area contributed by atoms with Crippen molar-refractivity contribution < 1.29 is 14.7 Å². The third kappa shape index (κ3) is 3.38. The molecule has 2 rings (SSSR count). The zero-order chi connectivity index (χ0) is 13.9. The lowest BCUT2D eigenvalue weighted by Gasteiger charge is -2.41. The third-order valence-corrected chi connectivity index (χ3v) is 4.34. The van der Waals surface area contributed by atoms with Gasteiger partial charge in [-0.05, 0) is 19.9 Å². The van der Waals surface area contributed by atoms with E-state index in [1.807, 2.05) is 6.92 Å². The first-order valence-corrected chi connectivity index (χ1v) is 6.96. The van der Waals surface area contributed by atoms with E-state index in [1.54, 1.807) is 0 Å². The van der Waals surface area contributed by atoms with E-state index in [1.165, 1.54) is 0 Å². The van der Waals surface area contributed by atoms with E-state index in [2.05, 4.69) is 17.1 Å². The number of rotatable bonds is 4. The molecule has 110 valence electrons. The second-order valence-corrected chi connectivity index (χ2v) is 5.85. The molecule has 3 unspecified atom stereocenters. The first kappa shape index (κ1) is 14.6. The van der Waals surface area contributed by atoms with Gasteiger partial charge in [0.15, 0.2) is 0 Å². The lowest BCUT2D eigenvalue weighted by Crippen LogP contribution is -2.49. The highest BCUT2D eigenvalue weighted by molar-refractivity contribution is 5.82. The Morgan fingerprint density at radius 2 is 2.37 bits per heavy atom. The van der Waals surface area contributed by atoms with Gasteiger partial charge in [-0.3, -0.25) is 0 Å². The smallest absolute Gasteiger partial charge is 0.143 e. The van der Waals surface area contributed by atoms with Crippen molar-refractivity contribution in [1.82, 2.24) is 4.90 Å². The van der Waals surface area contributed by atoms with Gasteiger partial charge >= 0.3 is 0 Å². The van der Waals surface area contributed by atoms with Crippen LogP contribution in [0.2, 0.25) is 0 Å².